The Balaban J connectivity index is 1.42. The topological polar surface area (TPSA) is 43.1 Å². The lowest BCUT2D eigenvalue weighted by atomic mass is 9.94. The quantitative estimate of drug-likeness (QED) is 0.243. The van der Waals surface area contributed by atoms with E-state index >= 15 is 0 Å². The van der Waals surface area contributed by atoms with Crippen molar-refractivity contribution in [1.29, 1.82) is 0 Å². The predicted molar refractivity (Wildman–Crippen MR) is 140 cm³/mol. The maximum atomic E-state index is 5.08. The minimum absolute atomic E-state index is 0.961. The molecule has 0 fully saturated rings. The van der Waals surface area contributed by atoms with Crippen LogP contribution in [0.2, 0.25) is 0 Å². The molecule has 0 radical (unpaired) electrons. The van der Waals surface area contributed by atoms with Crippen molar-refractivity contribution < 1.29 is 0 Å². The maximum Gasteiger partial charge on any atom is 0.146 e. The summed E-state index contributed by atoms with van der Waals surface area (Å²) < 4.78 is 2.25. The molecule has 7 aromatic rings. The van der Waals surface area contributed by atoms with Gasteiger partial charge in [0.05, 0.1) is 22.7 Å². The summed E-state index contributed by atoms with van der Waals surface area (Å²) in [5.41, 5.74) is 15.4. The van der Waals surface area contributed by atoms with E-state index in [4.69, 9.17) is 4.98 Å². The molecule has 3 aromatic carbocycles. The van der Waals surface area contributed by atoms with Gasteiger partial charge < -0.3 is 0 Å². The van der Waals surface area contributed by atoms with Gasteiger partial charge in [0.25, 0.3) is 0 Å². The lowest BCUT2D eigenvalue weighted by Crippen LogP contribution is -1.94. The number of aromatic nitrogens is 4. The molecule has 0 aliphatic heterocycles. The van der Waals surface area contributed by atoms with E-state index in [0.717, 1.165) is 40.4 Å². The number of fused-ring (bicyclic) bond motifs is 15. The van der Waals surface area contributed by atoms with Crippen LogP contribution >= 0.6 is 0 Å². The van der Waals surface area contributed by atoms with Crippen LogP contribution in [0, 0.1) is 0 Å². The molecule has 35 heavy (non-hydrogen) atoms. The highest BCUT2D eigenvalue weighted by Gasteiger charge is 2.29. The van der Waals surface area contributed by atoms with Gasteiger partial charge in [-0.15, -0.1) is 0 Å². The summed E-state index contributed by atoms with van der Waals surface area (Å²) in [5.74, 6) is 0. The Hall–Kier alpha value is -4.57. The molecule has 9 rings (SSSR count). The summed E-state index contributed by atoms with van der Waals surface area (Å²) in [5, 5.41) is 3.53. The summed E-state index contributed by atoms with van der Waals surface area (Å²) >= 11 is 0. The van der Waals surface area contributed by atoms with Crippen molar-refractivity contribution in [1.82, 2.24) is 19.4 Å². The van der Waals surface area contributed by atoms with E-state index in [0.29, 0.717) is 0 Å². The SMILES string of the molecule is c1ccc2c(c1)Cc1c-2ccc2c1-c1cc3c(cc1C2)c1cnccc1n1c2cnccc2nc31. The Morgan fingerprint density at radius 2 is 1.54 bits per heavy atom. The standard InChI is InChI=1S/C31H18N4/c1-2-4-20-17(3-1)12-24-21(20)6-5-18-11-19-13-23-25(14-22(19)30(18)24)31-34-27-7-9-33-16-29(27)35(31)28-8-10-32-15-26(23)28/h1-10,13-16H,11-12H2. The van der Waals surface area contributed by atoms with Crippen LogP contribution in [0.1, 0.15) is 22.3 Å². The molecule has 4 aromatic heterocycles. The zero-order valence-electron chi connectivity index (χ0n) is 18.8. The summed E-state index contributed by atoms with van der Waals surface area (Å²) in [6, 6.07) is 22.4. The second kappa shape index (κ2) is 6.10. The summed E-state index contributed by atoms with van der Waals surface area (Å²) in [6.45, 7) is 0. The molecule has 0 unspecified atom stereocenters. The minimum Gasteiger partial charge on any atom is -0.290 e. The van der Waals surface area contributed by atoms with Gasteiger partial charge in [-0.1, -0.05) is 36.4 Å². The third-order valence-electron chi connectivity index (χ3n) is 7.99. The third-order valence-corrected chi connectivity index (χ3v) is 7.99. The number of hydrogen-bond acceptors (Lipinski definition) is 3. The Labute approximate surface area is 200 Å². The second-order valence-corrected chi connectivity index (χ2v) is 9.72. The van der Waals surface area contributed by atoms with Crippen molar-refractivity contribution in [3.63, 3.8) is 0 Å². The summed E-state index contributed by atoms with van der Waals surface area (Å²) in [6.07, 6.45) is 9.55. The molecule has 0 amide bonds. The lowest BCUT2D eigenvalue weighted by molar-refractivity contribution is 1.23. The number of pyridine rings is 3. The monoisotopic (exact) mass is 446 g/mol. The first-order chi connectivity index (χ1) is 17.3. The van der Waals surface area contributed by atoms with E-state index < -0.39 is 0 Å². The van der Waals surface area contributed by atoms with E-state index in [-0.39, 0.29) is 0 Å². The van der Waals surface area contributed by atoms with Crippen LogP contribution < -0.4 is 0 Å². The van der Waals surface area contributed by atoms with Crippen molar-refractivity contribution in [2.75, 3.05) is 0 Å². The van der Waals surface area contributed by atoms with Gasteiger partial charge in [-0.05, 0) is 87.0 Å². The van der Waals surface area contributed by atoms with Gasteiger partial charge in [-0.25, -0.2) is 4.98 Å². The highest BCUT2D eigenvalue weighted by molar-refractivity contribution is 6.15. The molecule has 0 atom stereocenters. The van der Waals surface area contributed by atoms with Crippen molar-refractivity contribution in [3.05, 3.63) is 108 Å². The van der Waals surface area contributed by atoms with Crippen LogP contribution in [0.5, 0.6) is 0 Å². The van der Waals surface area contributed by atoms with Crippen LogP contribution in [0.3, 0.4) is 0 Å². The van der Waals surface area contributed by atoms with Gasteiger partial charge in [0.2, 0.25) is 0 Å². The molecular formula is C31H18N4. The van der Waals surface area contributed by atoms with E-state index in [1.165, 1.54) is 55.3 Å². The van der Waals surface area contributed by atoms with Crippen molar-refractivity contribution >= 4 is 38.4 Å². The van der Waals surface area contributed by atoms with Crippen LogP contribution in [-0.4, -0.2) is 19.4 Å². The molecule has 4 heteroatoms. The molecule has 0 bridgehead atoms. The fourth-order valence-electron chi connectivity index (χ4n) is 6.52. The number of imidazole rings is 1. The van der Waals surface area contributed by atoms with Gasteiger partial charge in [0, 0.05) is 29.4 Å². The highest BCUT2D eigenvalue weighted by Crippen LogP contribution is 2.49. The van der Waals surface area contributed by atoms with Crippen molar-refractivity contribution in [3.8, 4) is 22.3 Å². The second-order valence-electron chi connectivity index (χ2n) is 9.72. The fraction of sp³-hybridized carbons (Fsp3) is 0.0645. The predicted octanol–water partition coefficient (Wildman–Crippen LogP) is 6.73. The summed E-state index contributed by atoms with van der Waals surface area (Å²) in [7, 11) is 0. The smallest absolute Gasteiger partial charge is 0.146 e. The molecule has 162 valence electrons. The van der Waals surface area contributed by atoms with Crippen LogP contribution in [0.25, 0.3) is 60.6 Å². The molecule has 2 aliphatic carbocycles. The first-order valence-electron chi connectivity index (χ1n) is 12.0. The lowest BCUT2D eigenvalue weighted by Gasteiger charge is -2.12. The first kappa shape index (κ1) is 17.8. The zero-order valence-corrected chi connectivity index (χ0v) is 18.8. The Kier molecular flexibility index (Phi) is 3.11. The maximum absolute atomic E-state index is 5.08. The third kappa shape index (κ3) is 2.15. The van der Waals surface area contributed by atoms with Crippen LogP contribution in [0.4, 0.5) is 0 Å². The van der Waals surface area contributed by atoms with Gasteiger partial charge >= 0.3 is 0 Å². The molecular weight excluding hydrogens is 428 g/mol. The molecule has 0 N–H and O–H groups in total. The van der Waals surface area contributed by atoms with Gasteiger partial charge in [-0.2, -0.15) is 0 Å². The van der Waals surface area contributed by atoms with E-state index in [1.807, 2.05) is 30.9 Å². The average Bonchev–Trinajstić information content (AvgIpc) is 3.58. The molecule has 4 nitrogen and oxygen atoms in total. The minimum atomic E-state index is 0.961. The van der Waals surface area contributed by atoms with Crippen molar-refractivity contribution in [2.24, 2.45) is 0 Å². The first-order valence-corrected chi connectivity index (χ1v) is 12.0. The molecule has 0 saturated heterocycles. The number of benzene rings is 3. The van der Waals surface area contributed by atoms with E-state index in [9.17, 15) is 0 Å². The Morgan fingerprint density at radius 1 is 0.629 bits per heavy atom. The van der Waals surface area contributed by atoms with Gasteiger partial charge in [0.15, 0.2) is 0 Å². The van der Waals surface area contributed by atoms with Crippen LogP contribution in [-0.2, 0) is 12.8 Å². The van der Waals surface area contributed by atoms with Crippen molar-refractivity contribution in [2.45, 2.75) is 12.8 Å². The highest BCUT2D eigenvalue weighted by atomic mass is 15.0. The normalized spacial score (nSPS) is 13.5. The largest absolute Gasteiger partial charge is 0.290 e. The molecule has 4 heterocycles. The van der Waals surface area contributed by atoms with Gasteiger partial charge in [-0.3, -0.25) is 14.4 Å². The number of nitrogens with zero attached hydrogens (tertiary/aromatic N) is 4. The summed E-state index contributed by atoms with van der Waals surface area (Å²) in [4.78, 5) is 14.0. The molecule has 0 saturated carbocycles. The van der Waals surface area contributed by atoms with Crippen LogP contribution in [0.15, 0.2) is 85.5 Å². The zero-order chi connectivity index (χ0) is 22.7. The van der Waals surface area contributed by atoms with E-state index in [1.54, 1.807) is 0 Å². The number of rotatable bonds is 0. The fourth-order valence-corrected chi connectivity index (χ4v) is 6.52. The Bertz CT molecular complexity index is 2070. The number of hydrogen-bond donors (Lipinski definition) is 0. The van der Waals surface area contributed by atoms with Gasteiger partial charge in [0.1, 0.15) is 5.65 Å². The average molecular weight is 447 g/mol. The molecule has 2 aliphatic rings. The Morgan fingerprint density at radius 3 is 2.54 bits per heavy atom. The van der Waals surface area contributed by atoms with E-state index in [2.05, 4.69) is 69.0 Å². The molecule has 0 spiro atoms.